The van der Waals surface area contributed by atoms with Crippen molar-refractivity contribution in [2.24, 2.45) is 5.73 Å². The number of rotatable bonds is 9. The average Bonchev–Trinajstić information content (AvgIpc) is 2.82. The Labute approximate surface area is 196 Å². The lowest BCUT2D eigenvalue weighted by Gasteiger charge is -2.21. The third-order valence-corrected chi connectivity index (χ3v) is 5.70. The molecule has 1 amide bonds. The molecule has 34 heavy (non-hydrogen) atoms. The van der Waals surface area contributed by atoms with E-state index in [1.165, 1.54) is 5.56 Å². The highest BCUT2D eigenvalue weighted by Crippen LogP contribution is 2.32. The number of aromatic nitrogens is 1. The van der Waals surface area contributed by atoms with E-state index in [4.69, 9.17) is 14.9 Å². The Balaban J connectivity index is 1.53. The number of fused-ring (bicyclic) bond motifs is 1. The van der Waals surface area contributed by atoms with Crippen molar-refractivity contribution in [3.8, 4) is 5.75 Å². The largest absolute Gasteiger partial charge is 0.494 e. The zero-order chi connectivity index (χ0) is 24.1. The van der Waals surface area contributed by atoms with Crippen LogP contribution in [0.3, 0.4) is 0 Å². The zero-order valence-corrected chi connectivity index (χ0v) is 18.8. The second-order valence-corrected chi connectivity index (χ2v) is 8.24. The van der Waals surface area contributed by atoms with Crippen molar-refractivity contribution in [1.29, 1.82) is 0 Å². The minimum atomic E-state index is -1.47. The van der Waals surface area contributed by atoms with E-state index in [-0.39, 0.29) is 5.56 Å². The third-order valence-electron chi connectivity index (χ3n) is 5.70. The number of primary amides is 1. The molecule has 0 bridgehead atoms. The molecule has 2 heterocycles. The van der Waals surface area contributed by atoms with Crippen molar-refractivity contribution in [2.75, 3.05) is 6.61 Å². The maximum absolute atomic E-state index is 12.6. The van der Waals surface area contributed by atoms with Gasteiger partial charge in [-0.05, 0) is 73.4 Å². The van der Waals surface area contributed by atoms with Gasteiger partial charge >= 0.3 is 5.63 Å². The Kier molecular flexibility index (Phi) is 7.04. The molecule has 0 saturated carbocycles. The van der Waals surface area contributed by atoms with Gasteiger partial charge in [-0.1, -0.05) is 23.8 Å². The first-order valence-electron chi connectivity index (χ1n) is 11.1. The van der Waals surface area contributed by atoms with Crippen LogP contribution < -0.4 is 16.1 Å². The van der Waals surface area contributed by atoms with Gasteiger partial charge in [0.05, 0.1) is 18.1 Å². The molecule has 0 aliphatic rings. The van der Waals surface area contributed by atoms with Gasteiger partial charge in [-0.3, -0.25) is 9.78 Å². The number of hydrogen-bond donors (Lipinski definition) is 2. The Hall–Kier alpha value is -3.97. The topological polar surface area (TPSA) is 116 Å². The Morgan fingerprint density at radius 1 is 1.12 bits per heavy atom. The maximum Gasteiger partial charge on any atom is 0.342 e. The lowest BCUT2D eigenvalue weighted by molar-refractivity contribution is -0.122. The molecule has 0 spiro atoms. The molecular formula is C27H26N2O5. The summed E-state index contributed by atoms with van der Waals surface area (Å²) in [4.78, 5) is 28.9. The first kappa shape index (κ1) is 23.2. The van der Waals surface area contributed by atoms with Crippen LogP contribution in [0.4, 0.5) is 0 Å². The molecule has 0 saturated heterocycles. The fourth-order valence-electron chi connectivity index (χ4n) is 3.96. The van der Waals surface area contributed by atoms with E-state index in [0.29, 0.717) is 28.9 Å². The minimum Gasteiger partial charge on any atom is -0.494 e. The summed E-state index contributed by atoms with van der Waals surface area (Å²) < 4.78 is 11.2. The lowest BCUT2D eigenvalue weighted by atomic mass is 9.88. The van der Waals surface area contributed by atoms with Gasteiger partial charge in [0.1, 0.15) is 17.4 Å². The monoisotopic (exact) mass is 458 g/mol. The molecule has 4 rings (SSSR count). The number of nitrogens with two attached hydrogens (primary N) is 1. The van der Waals surface area contributed by atoms with Crippen molar-refractivity contribution >= 4 is 16.9 Å². The fraction of sp³-hybridized carbons (Fsp3) is 0.222. The SMILES string of the molecule is Cc1ccc2oc(=O)c(C(O)C(C(N)=O)c3cccc(OCCCc4ccncc4)c3)cc2c1. The van der Waals surface area contributed by atoms with Crippen LogP contribution in [0.1, 0.15) is 40.7 Å². The van der Waals surface area contributed by atoms with Crippen LogP contribution in [-0.2, 0) is 11.2 Å². The molecule has 2 aromatic heterocycles. The summed E-state index contributed by atoms with van der Waals surface area (Å²) in [6.07, 6.45) is 3.69. The molecule has 2 unspecified atom stereocenters. The molecule has 7 nitrogen and oxygen atoms in total. The van der Waals surface area contributed by atoms with Crippen molar-refractivity contribution in [2.45, 2.75) is 31.8 Å². The second kappa shape index (κ2) is 10.3. The highest BCUT2D eigenvalue weighted by molar-refractivity contribution is 5.83. The summed E-state index contributed by atoms with van der Waals surface area (Å²) in [5, 5.41) is 11.7. The van der Waals surface area contributed by atoms with Crippen LogP contribution in [0.5, 0.6) is 5.75 Å². The van der Waals surface area contributed by atoms with Crippen molar-refractivity contribution in [3.63, 3.8) is 0 Å². The summed E-state index contributed by atoms with van der Waals surface area (Å²) in [6, 6.07) is 17.7. The predicted molar refractivity (Wildman–Crippen MR) is 129 cm³/mol. The average molecular weight is 459 g/mol. The van der Waals surface area contributed by atoms with Gasteiger partial charge in [-0.15, -0.1) is 0 Å². The normalized spacial score (nSPS) is 12.9. The Bertz CT molecular complexity index is 1350. The summed E-state index contributed by atoms with van der Waals surface area (Å²) >= 11 is 0. The summed E-state index contributed by atoms with van der Waals surface area (Å²) in [7, 11) is 0. The third kappa shape index (κ3) is 5.32. The number of carbonyl (C=O) groups is 1. The predicted octanol–water partition coefficient (Wildman–Crippen LogP) is 3.81. The standard InChI is InChI=1S/C27H26N2O5/c1-17-7-8-23-20(14-17)16-22(27(32)34-23)25(30)24(26(28)31)19-5-2-6-21(15-19)33-13-3-4-18-9-11-29-12-10-18/h2,5-12,14-16,24-25,30H,3-4,13H2,1H3,(H2,28,31). The van der Waals surface area contributed by atoms with Gasteiger partial charge in [0.2, 0.25) is 5.91 Å². The molecule has 0 aliphatic heterocycles. The van der Waals surface area contributed by atoms with E-state index in [9.17, 15) is 14.7 Å². The minimum absolute atomic E-state index is 0.0226. The van der Waals surface area contributed by atoms with E-state index in [2.05, 4.69) is 4.98 Å². The zero-order valence-electron chi connectivity index (χ0n) is 18.8. The molecule has 0 radical (unpaired) electrons. The Morgan fingerprint density at radius 3 is 2.68 bits per heavy atom. The van der Waals surface area contributed by atoms with E-state index < -0.39 is 23.6 Å². The number of nitrogens with zero attached hydrogens (tertiary/aromatic N) is 1. The van der Waals surface area contributed by atoms with Crippen LogP contribution in [0.15, 0.2) is 82.3 Å². The van der Waals surface area contributed by atoms with Crippen LogP contribution in [0.25, 0.3) is 11.0 Å². The number of hydrogen-bond acceptors (Lipinski definition) is 6. The van der Waals surface area contributed by atoms with Crippen LogP contribution in [0, 0.1) is 6.92 Å². The van der Waals surface area contributed by atoms with Crippen molar-refractivity contribution < 1.29 is 19.1 Å². The van der Waals surface area contributed by atoms with Gasteiger partial charge in [-0.25, -0.2) is 4.79 Å². The lowest BCUT2D eigenvalue weighted by Crippen LogP contribution is -2.29. The van der Waals surface area contributed by atoms with E-state index in [1.807, 2.05) is 31.2 Å². The molecule has 0 aliphatic carbocycles. The van der Waals surface area contributed by atoms with E-state index >= 15 is 0 Å². The van der Waals surface area contributed by atoms with E-state index in [0.717, 1.165) is 18.4 Å². The summed E-state index contributed by atoms with van der Waals surface area (Å²) in [5.41, 5.74) is 7.93. The van der Waals surface area contributed by atoms with Gasteiger partial charge in [0.15, 0.2) is 0 Å². The number of aryl methyl sites for hydroxylation is 2. The smallest absolute Gasteiger partial charge is 0.342 e. The molecule has 4 aromatic rings. The quantitative estimate of drug-likeness (QED) is 0.291. The highest BCUT2D eigenvalue weighted by atomic mass is 16.5. The molecule has 2 atom stereocenters. The molecule has 3 N–H and O–H groups in total. The number of benzene rings is 2. The molecule has 7 heteroatoms. The van der Waals surface area contributed by atoms with Crippen molar-refractivity contribution in [1.82, 2.24) is 4.98 Å². The van der Waals surface area contributed by atoms with Crippen LogP contribution in [-0.4, -0.2) is 22.6 Å². The fourth-order valence-corrected chi connectivity index (χ4v) is 3.96. The first-order chi connectivity index (χ1) is 16.4. The van der Waals surface area contributed by atoms with Crippen LogP contribution >= 0.6 is 0 Å². The van der Waals surface area contributed by atoms with E-state index in [1.54, 1.807) is 48.8 Å². The number of aliphatic hydroxyl groups excluding tert-OH is 1. The summed E-state index contributed by atoms with van der Waals surface area (Å²) in [5.74, 6) is -1.36. The van der Waals surface area contributed by atoms with Gasteiger partial charge in [0.25, 0.3) is 0 Å². The molecule has 174 valence electrons. The van der Waals surface area contributed by atoms with Crippen LogP contribution in [0.2, 0.25) is 0 Å². The number of amides is 1. The molecular weight excluding hydrogens is 432 g/mol. The van der Waals surface area contributed by atoms with Gasteiger partial charge in [0, 0.05) is 17.8 Å². The van der Waals surface area contributed by atoms with Gasteiger partial charge in [-0.2, -0.15) is 0 Å². The molecule has 0 fully saturated rings. The number of pyridine rings is 1. The second-order valence-electron chi connectivity index (χ2n) is 8.24. The number of carbonyl (C=O) groups excluding carboxylic acids is 1. The molecule has 2 aromatic carbocycles. The number of ether oxygens (including phenoxy) is 1. The number of aliphatic hydroxyl groups is 1. The summed E-state index contributed by atoms with van der Waals surface area (Å²) in [6.45, 7) is 2.39. The highest BCUT2D eigenvalue weighted by Gasteiger charge is 2.31. The Morgan fingerprint density at radius 2 is 1.91 bits per heavy atom. The first-order valence-corrected chi connectivity index (χ1v) is 11.1. The maximum atomic E-state index is 12.6. The van der Waals surface area contributed by atoms with Crippen molar-refractivity contribution in [3.05, 3.63) is 106 Å². The van der Waals surface area contributed by atoms with Gasteiger partial charge < -0.3 is 20.0 Å².